The number of aromatic nitrogens is 2. The molecule has 162 valence electrons. The number of anilines is 2. The van der Waals surface area contributed by atoms with E-state index < -0.39 is 0 Å². The lowest BCUT2D eigenvalue weighted by Crippen LogP contribution is -2.46. The van der Waals surface area contributed by atoms with Crippen molar-refractivity contribution in [2.75, 3.05) is 29.1 Å². The summed E-state index contributed by atoms with van der Waals surface area (Å²) in [7, 11) is 0. The van der Waals surface area contributed by atoms with Crippen LogP contribution < -0.4 is 10.2 Å². The number of halogens is 1. The largest absolute Gasteiger partial charge is 0.372 e. The van der Waals surface area contributed by atoms with E-state index in [4.69, 9.17) is 14.7 Å². The Bertz CT molecular complexity index is 1100. The third kappa shape index (κ3) is 5.37. The number of morpholine rings is 1. The minimum atomic E-state index is -0.0728. The van der Waals surface area contributed by atoms with Gasteiger partial charge in [0.1, 0.15) is 5.03 Å². The highest BCUT2D eigenvalue weighted by Gasteiger charge is 2.26. The molecular formula is C23H25BrN4O2S. The quantitative estimate of drug-likeness (QED) is 0.494. The van der Waals surface area contributed by atoms with Crippen LogP contribution in [0, 0.1) is 6.92 Å². The van der Waals surface area contributed by atoms with Crippen LogP contribution in [0.2, 0.25) is 0 Å². The summed E-state index contributed by atoms with van der Waals surface area (Å²) < 4.78 is 6.90. The molecule has 0 spiro atoms. The van der Waals surface area contributed by atoms with Gasteiger partial charge in [-0.25, -0.2) is 9.97 Å². The number of hydrogen-bond acceptors (Lipinski definition) is 6. The zero-order valence-corrected chi connectivity index (χ0v) is 20.2. The monoisotopic (exact) mass is 500 g/mol. The first-order chi connectivity index (χ1) is 14.9. The van der Waals surface area contributed by atoms with E-state index in [1.807, 2.05) is 49.4 Å². The standard InChI is InChI=1S/C23H25BrN4O2S/c1-14-10-17(8-9-18(14)24)25-21(29)13-31-23-22(28-11-15(2)30-16(3)12-28)26-19-6-4-5-7-20(19)27-23/h4-10,15-16H,11-13H2,1-3H3,(H,25,29)/t15-,16-/m0/s1. The number of carbonyl (C=O) groups is 1. The number of hydrogen-bond donors (Lipinski definition) is 1. The van der Waals surface area contributed by atoms with Crippen molar-refractivity contribution in [3.05, 3.63) is 52.5 Å². The fourth-order valence-corrected chi connectivity index (χ4v) is 4.73. The molecule has 0 bridgehead atoms. The predicted octanol–water partition coefficient (Wildman–Crippen LogP) is 5.05. The summed E-state index contributed by atoms with van der Waals surface area (Å²) in [6.07, 6.45) is 0.220. The number of nitrogens with zero attached hydrogens (tertiary/aromatic N) is 3. The highest BCUT2D eigenvalue weighted by atomic mass is 79.9. The molecule has 1 aliphatic rings. The summed E-state index contributed by atoms with van der Waals surface area (Å²) in [5, 5.41) is 3.73. The lowest BCUT2D eigenvalue weighted by atomic mass is 10.2. The number of benzene rings is 2. The molecule has 8 heteroatoms. The Morgan fingerprint density at radius 2 is 1.84 bits per heavy atom. The molecule has 1 amide bonds. The van der Waals surface area contributed by atoms with E-state index in [2.05, 4.69) is 40.0 Å². The van der Waals surface area contributed by atoms with Gasteiger partial charge in [0.05, 0.1) is 29.0 Å². The molecule has 31 heavy (non-hydrogen) atoms. The predicted molar refractivity (Wildman–Crippen MR) is 130 cm³/mol. The molecule has 2 aromatic carbocycles. The highest BCUT2D eigenvalue weighted by molar-refractivity contribution is 9.10. The average molecular weight is 501 g/mol. The van der Waals surface area contributed by atoms with Gasteiger partial charge in [-0.2, -0.15) is 0 Å². The van der Waals surface area contributed by atoms with Gasteiger partial charge in [-0.05, 0) is 56.7 Å². The molecule has 1 aromatic heterocycles. The first-order valence-corrected chi connectivity index (χ1v) is 12.0. The molecule has 1 N–H and O–H groups in total. The summed E-state index contributed by atoms with van der Waals surface area (Å²) >= 11 is 4.90. The molecule has 1 aliphatic heterocycles. The Morgan fingerprint density at radius 1 is 1.16 bits per heavy atom. The van der Waals surface area contributed by atoms with E-state index in [9.17, 15) is 4.79 Å². The van der Waals surface area contributed by atoms with Crippen LogP contribution in [-0.2, 0) is 9.53 Å². The average Bonchev–Trinajstić information content (AvgIpc) is 2.73. The minimum Gasteiger partial charge on any atom is -0.372 e. The number of ether oxygens (including phenoxy) is 1. The van der Waals surface area contributed by atoms with Crippen molar-refractivity contribution in [2.45, 2.75) is 38.0 Å². The molecule has 0 radical (unpaired) electrons. The van der Waals surface area contributed by atoms with Crippen molar-refractivity contribution in [3.63, 3.8) is 0 Å². The number of aryl methyl sites for hydroxylation is 1. The maximum atomic E-state index is 12.6. The van der Waals surface area contributed by atoms with Gasteiger partial charge in [-0.1, -0.05) is 39.8 Å². The van der Waals surface area contributed by atoms with E-state index in [0.29, 0.717) is 0 Å². The van der Waals surface area contributed by atoms with Gasteiger partial charge in [-0.15, -0.1) is 0 Å². The van der Waals surface area contributed by atoms with Gasteiger partial charge in [0, 0.05) is 23.2 Å². The summed E-state index contributed by atoms with van der Waals surface area (Å²) in [5.41, 5.74) is 3.53. The van der Waals surface area contributed by atoms with Crippen LogP contribution in [0.25, 0.3) is 11.0 Å². The molecule has 2 atom stereocenters. The van der Waals surface area contributed by atoms with E-state index in [1.165, 1.54) is 11.8 Å². The summed E-state index contributed by atoms with van der Waals surface area (Å²) in [6, 6.07) is 13.6. The molecule has 1 saturated heterocycles. The number of amides is 1. The molecule has 2 heterocycles. The minimum absolute atomic E-state index is 0.0728. The van der Waals surface area contributed by atoms with Crippen molar-refractivity contribution in [2.24, 2.45) is 0 Å². The molecule has 0 unspecified atom stereocenters. The van der Waals surface area contributed by atoms with Gasteiger partial charge >= 0.3 is 0 Å². The highest BCUT2D eigenvalue weighted by Crippen LogP contribution is 2.31. The first kappa shape index (κ1) is 22.0. The van der Waals surface area contributed by atoms with E-state index in [-0.39, 0.29) is 23.9 Å². The second kappa shape index (κ2) is 9.54. The molecule has 6 nitrogen and oxygen atoms in total. The molecule has 3 aromatic rings. The molecule has 4 rings (SSSR count). The molecule has 0 aliphatic carbocycles. The number of carbonyl (C=O) groups excluding carboxylic acids is 1. The van der Waals surface area contributed by atoms with Gasteiger partial charge < -0.3 is 15.0 Å². The Labute approximate surface area is 194 Å². The lowest BCUT2D eigenvalue weighted by Gasteiger charge is -2.36. The van der Waals surface area contributed by atoms with Crippen molar-refractivity contribution < 1.29 is 9.53 Å². The SMILES string of the molecule is Cc1cc(NC(=O)CSc2nc3ccccc3nc2N2C[C@H](C)O[C@@H](C)C2)ccc1Br. The van der Waals surface area contributed by atoms with Gasteiger partial charge in [0.15, 0.2) is 5.82 Å². The Hall–Kier alpha value is -2.16. The Balaban J connectivity index is 1.55. The summed E-state index contributed by atoms with van der Waals surface area (Å²) in [5.74, 6) is 0.999. The summed E-state index contributed by atoms with van der Waals surface area (Å²) in [6.45, 7) is 7.62. The van der Waals surface area contributed by atoms with Gasteiger partial charge in [0.25, 0.3) is 0 Å². The van der Waals surface area contributed by atoms with Crippen LogP contribution in [-0.4, -0.2) is 46.9 Å². The fraction of sp³-hybridized carbons (Fsp3) is 0.348. The van der Waals surface area contributed by atoms with E-state index >= 15 is 0 Å². The number of rotatable bonds is 5. The smallest absolute Gasteiger partial charge is 0.234 e. The van der Waals surface area contributed by atoms with Crippen LogP contribution in [0.15, 0.2) is 52.0 Å². The van der Waals surface area contributed by atoms with Gasteiger partial charge in [0.2, 0.25) is 5.91 Å². The Kier molecular flexibility index (Phi) is 6.79. The first-order valence-electron chi connectivity index (χ1n) is 10.2. The third-order valence-corrected chi connectivity index (χ3v) is 6.87. The zero-order valence-electron chi connectivity index (χ0n) is 17.8. The molecule has 1 fully saturated rings. The van der Waals surface area contributed by atoms with Crippen LogP contribution >= 0.6 is 27.7 Å². The molecular weight excluding hydrogens is 476 g/mol. The van der Waals surface area contributed by atoms with Crippen LogP contribution in [0.3, 0.4) is 0 Å². The number of para-hydroxylation sites is 2. The van der Waals surface area contributed by atoms with Crippen molar-refractivity contribution >= 4 is 56.1 Å². The Morgan fingerprint density at radius 3 is 2.52 bits per heavy atom. The fourth-order valence-electron chi connectivity index (χ4n) is 3.68. The van der Waals surface area contributed by atoms with Gasteiger partial charge in [-0.3, -0.25) is 4.79 Å². The van der Waals surface area contributed by atoms with Crippen LogP contribution in [0.1, 0.15) is 19.4 Å². The lowest BCUT2D eigenvalue weighted by molar-refractivity contribution is -0.113. The maximum absolute atomic E-state index is 12.6. The second-order valence-corrected chi connectivity index (χ2v) is 9.62. The van der Waals surface area contributed by atoms with E-state index in [0.717, 1.165) is 50.7 Å². The number of thioether (sulfide) groups is 1. The van der Waals surface area contributed by atoms with Crippen LogP contribution in [0.4, 0.5) is 11.5 Å². The topological polar surface area (TPSA) is 67.4 Å². The van der Waals surface area contributed by atoms with Crippen molar-refractivity contribution in [1.29, 1.82) is 0 Å². The maximum Gasteiger partial charge on any atom is 0.234 e. The molecule has 0 saturated carbocycles. The third-order valence-electron chi connectivity index (χ3n) is 5.02. The zero-order chi connectivity index (χ0) is 22.0. The van der Waals surface area contributed by atoms with Crippen molar-refractivity contribution in [1.82, 2.24) is 9.97 Å². The van der Waals surface area contributed by atoms with Crippen LogP contribution in [0.5, 0.6) is 0 Å². The second-order valence-electron chi connectivity index (χ2n) is 7.80. The number of fused-ring (bicyclic) bond motifs is 1. The van der Waals surface area contributed by atoms with E-state index in [1.54, 1.807) is 0 Å². The number of nitrogens with one attached hydrogen (secondary N) is 1. The van der Waals surface area contributed by atoms with Crippen molar-refractivity contribution in [3.8, 4) is 0 Å². The normalized spacial score (nSPS) is 18.9. The summed E-state index contributed by atoms with van der Waals surface area (Å²) in [4.78, 5) is 24.6.